The Morgan fingerprint density at radius 2 is 1.24 bits per heavy atom. The van der Waals surface area contributed by atoms with Crippen molar-refractivity contribution in [1.82, 2.24) is 9.97 Å². The van der Waals surface area contributed by atoms with Gasteiger partial charge in [0.2, 0.25) is 0 Å². The minimum Gasteiger partial charge on any atom is -0.337 e. The second-order valence-corrected chi connectivity index (χ2v) is 8.56. The number of H-pyrrole nitrogens is 1. The summed E-state index contributed by atoms with van der Waals surface area (Å²) in [6, 6.07) is 35.6. The minimum atomic E-state index is 0.0182. The van der Waals surface area contributed by atoms with Gasteiger partial charge in [-0.2, -0.15) is 0 Å². The molecular formula is C29H22N2OS. The van der Waals surface area contributed by atoms with Crippen LogP contribution in [0.4, 0.5) is 0 Å². The van der Waals surface area contributed by atoms with Gasteiger partial charge in [-0.1, -0.05) is 97.1 Å². The summed E-state index contributed by atoms with van der Waals surface area (Å²) < 4.78 is 0. The van der Waals surface area contributed by atoms with Crippen molar-refractivity contribution in [3.63, 3.8) is 0 Å². The number of ketones is 1. The van der Waals surface area contributed by atoms with Crippen LogP contribution in [0.3, 0.4) is 0 Å². The molecule has 5 aromatic rings. The van der Waals surface area contributed by atoms with Gasteiger partial charge in [0.1, 0.15) is 5.82 Å². The molecule has 0 unspecified atom stereocenters. The predicted octanol–water partition coefficient (Wildman–Crippen LogP) is 7.36. The Hall–Kier alpha value is -3.89. The van der Waals surface area contributed by atoms with Gasteiger partial charge in [-0.25, -0.2) is 4.98 Å². The van der Waals surface area contributed by atoms with E-state index in [9.17, 15) is 4.79 Å². The first-order valence-electron chi connectivity index (χ1n) is 10.7. The molecule has 0 aliphatic heterocycles. The number of aromatic amines is 1. The number of carbonyl (C=O) groups excluding carboxylic acids is 1. The van der Waals surface area contributed by atoms with E-state index in [-0.39, 0.29) is 5.78 Å². The number of hydrogen-bond donors (Lipinski definition) is 1. The Balaban J connectivity index is 1.55. The van der Waals surface area contributed by atoms with E-state index >= 15 is 0 Å². The van der Waals surface area contributed by atoms with E-state index in [2.05, 4.69) is 47.6 Å². The van der Waals surface area contributed by atoms with E-state index in [1.165, 1.54) is 4.90 Å². The third-order valence-electron chi connectivity index (χ3n) is 5.59. The van der Waals surface area contributed by atoms with Gasteiger partial charge in [-0.3, -0.25) is 4.79 Å². The molecule has 0 aliphatic carbocycles. The number of nitrogens with zero attached hydrogens (tertiary/aromatic N) is 1. The second kappa shape index (κ2) is 9.31. The zero-order chi connectivity index (χ0) is 22.6. The zero-order valence-electron chi connectivity index (χ0n) is 18.2. The highest BCUT2D eigenvalue weighted by Crippen LogP contribution is 2.33. The molecule has 0 radical (unpaired) electrons. The number of benzene rings is 4. The SMILES string of the molecule is CSc1ccc(-c2nc(-c3ccccc3)c(-c3ccc(C(=O)c4ccccc4)cc3)[nH]2)cc1. The van der Waals surface area contributed by atoms with E-state index in [1.807, 2.05) is 72.8 Å². The van der Waals surface area contributed by atoms with Crippen molar-refractivity contribution in [1.29, 1.82) is 0 Å². The summed E-state index contributed by atoms with van der Waals surface area (Å²) in [5.41, 5.74) is 6.24. The molecule has 33 heavy (non-hydrogen) atoms. The maximum atomic E-state index is 12.8. The van der Waals surface area contributed by atoms with Crippen LogP contribution in [0.2, 0.25) is 0 Å². The Kier molecular flexibility index (Phi) is 5.92. The summed E-state index contributed by atoms with van der Waals surface area (Å²) in [5.74, 6) is 0.838. The third-order valence-corrected chi connectivity index (χ3v) is 6.33. The van der Waals surface area contributed by atoms with Gasteiger partial charge >= 0.3 is 0 Å². The lowest BCUT2D eigenvalue weighted by Gasteiger charge is -2.05. The average molecular weight is 447 g/mol. The summed E-state index contributed by atoms with van der Waals surface area (Å²) >= 11 is 1.72. The fourth-order valence-electron chi connectivity index (χ4n) is 3.82. The van der Waals surface area contributed by atoms with Crippen LogP contribution in [0.5, 0.6) is 0 Å². The number of hydrogen-bond acceptors (Lipinski definition) is 3. The molecule has 1 N–H and O–H groups in total. The van der Waals surface area contributed by atoms with Crippen molar-refractivity contribution in [2.75, 3.05) is 6.26 Å². The number of thioether (sulfide) groups is 1. The van der Waals surface area contributed by atoms with Crippen LogP contribution in [-0.2, 0) is 0 Å². The molecule has 160 valence electrons. The first-order valence-corrected chi connectivity index (χ1v) is 12.0. The lowest BCUT2D eigenvalue weighted by atomic mass is 10.00. The van der Waals surface area contributed by atoms with E-state index in [0.29, 0.717) is 11.1 Å². The molecule has 0 atom stereocenters. The quantitative estimate of drug-likeness (QED) is 0.219. The largest absolute Gasteiger partial charge is 0.337 e. The highest BCUT2D eigenvalue weighted by molar-refractivity contribution is 7.98. The van der Waals surface area contributed by atoms with Gasteiger partial charge in [0.25, 0.3) is 0 Å². The second-order valence-electron chi connectivity index (χ2n) is 7.68. The third kappa shape index (κ3) is 4.38. The molecule has 1 aromatic heterocycles. The normalized spacial score (nSPS) is 10.8. The molecule has 0 amide bonds. The highest BCUT2D eigenvalue weighted by atomic mass is 32.2. The fourth-order valence-corrected chi connectivity index (χ4v) is 4.23. The van der Waals surface area contributed by atoms with Crippen molar-refractivity contribution in [2.24, 2.45) is 0 Å². The lowest BCUT2D eigenvalue weighted by Crippen LogP contribution is -2.00. The maximum absolute atomic E-state index is 12.8. The number of rotatable bonds is 6. The first kappa shape index (κ1) is 21.0. The monoisotopic (exact) mass is 446 g/mol. The van der Waals surface area contributed by atoms with E-state index < -0.39 is 0 Å². The van der Waals surface area contributed by atoms with Crippen LogP contribution >= 0.6 is 11.8 Å². The smallest absolute Gasteiger partial charge is 0.193 e. The summed E-state index contributed by atoms with van der Waals surface area (Å²) in [6.45, 7) is 0. The number of carbonyl (C=O) groups is 1. The Labute approximate surface area is 197 Å². The molecule has 4 aromatic carbocycles. The standard InChI is InChI=1S/C29H22N2OS/c1-33-25-18-16-24(17-19-25)29-30-26(20-8-4-2-5-9-20)27(31-29)21-12-14-23(15-13-21)28(32)22-10-6-3-7-11-22/h2-19H,1H3,(H,30,31). The van der Waals surface area contributed by atoms with Gasteiger partial charge in [0, 0.05) is 32.7 Å². The Morgan fingerprint density at radius 3 is 1.88 bits per heavy atom. The molecule has 0 fully saturated rings. The van der Waals surface area contributed by atoms with Gasteiger partial charge < -0.3 is 4.98 Å². The number of imidazole rings is 1. The molecule has 3 nitrogen and oxygen atoms in total. The Bertz CT molecular complexity index is 1370. The molecule has 5 rings (SSSR count). The highest BCUT2D eigenvalue weighted by Gasteiger charge is 2.16. The molecule has 0 saturated heterocycles. The maximum Gasteiger partial charge on any atom is 0.193 e. The van der Waals surface area contributed by atoms with E-state index in [4.69, 9.17) is 4.98 Å². The molecule has 0 aliphatic rings. The van der Waals surface area contributed by atoms with Crippen LogP contribution in [0.1, 0.15) is 15.9 Å². The Morgan fingerprint density at radius 1 is 0.667 bits per heavy atom. The molecular weight excluding hydrogens is 424 g/mol. The van der Waals surface area contributed by atoms with Crippen LogP contribution in [0, 0.1) is 0 Å². The summed E-state index contributed by atoms with van der Waals surface area (Å²) in [4.78, 5) is 22.5. The topological polar surface area (TPSA) is 45.8 Å². The van der Waals surface area contributed by atoms with Crippen molar-refractivity contribution in [3.05, 3.63) is 120 Å². The molecule has 0 spiro atoms. The van der Waals surface area contributed by atoms with Crippen LogP contribution in [0.25, 0.3) is 33.9 Å². The predicted molar refractivity (Wildman–Crippen MR) is 137 cm³/mol. The minimum absolute atomic E-state index is 0.0182. The van der Waals surface area contributed by atoms with Gasteiger partial charge in [0.15, 0.2) is 5.78 Å². The number of nitrogens with one attached hydrogen (secondary N) is 1. The number of aromatic nitrogens is 2. The lowest BCUT2D eigenvalue weighted by molar-refractivity contribution is 0.103. The summed E-state index contributed by atoms with van der Waals surface area (Å²) in [7, 11) is 0. The molecule has 1 heterocycles. The van der Waals surface area contributed by atoms with Crippen molar-refractivity contribution >= 4 is 17.5 Å². The molecule has 4 heteroatoms. The van der Waals surface area contributed by atoms with Crippen LogP contribution in [-0.4, -0.2) is 22.0 Å². The fraction of sp³-hybridized carbons (Fsp3) is 0.0345. The van der Waals surface area contributed by atoms with Gasteiger partial charge in [-0.15, -0.1) is 11.8 Å². The van der Waals surface area contributed by atoms with E-state index in [0.717, 1.165) is 33.9 Å². The zero-order valence-corrected chi connectivity index (χ0v) is 19.0. The summed E-state index contributed by atoms with van der Waals surface area (Å²) in [6.07, 6.45) is 2.07. The summed E-state index contributed by atoms with van der Waals surface area (Å²) in [5, 5.41) is 0. The van der Waals surface area contributed by atoms with Crippen LogP contribution in [0.15, 0.2) is 114 Å². The van der Waals surface area contributed by atoms with Gasteiger partial charge in [-0.05, 0) is 18.4 Å². The van der Waals surface area contributed by atoms with Crippen LogP contribution < -0.4 is 0 Å². The first-order chi connectivity index (χ1) is 16.2. The van der Waals surface area contributed by atoms with Crippen molar-refractivity contribution < 1.29 is 4.79 Å². The van der Waals surface area contributed by atoms with Crippen molar-refractivity contribution in [3.8, 4) is 33.9 Å². The molecule has 0 saturated carbocycles. The van der Waals surface area contributed by atoms with E-state index in [1.54, 1.807) is 11.8 Å². The average Bonchev–Trinajstić information content (AvgIpc) is 3.35. The molecule has 0 bridgehead atoms. The van der Waals surface area contributed by atoms with Gasteiger partial charge in [0.05, 0.1) is 11.4 Å². The van der Waals surface area contributed by atoms with Crippen molar-refractivity contribution in [2.45, 2.75) is 4.90 Å².